The molecule has 3 rings (SSSR count). The van der Waals surface area contributed by atoms with E-state index in [1.807, 2.05) is 0 Å². The Morgan fingerprint density at radius 3 is 2.65 bits per heavy atom. The van der Waals surface area contributed by atoms with E-state index in [1.54, 1.807) is 0 Å². The molecule has 0 amide bonds. The zero-order valence-corrected chi connectivity index (χ0v) is 12.6. The Hall–Kier alpha value is -0.410. The molecule has 1 spiro atoms. The third-order valence-electron chi connectivity index (χ3n) is 5.45. The van der Waals surface area contributed by atoms with Crippen molar-refractivity contribution in [2.24, 2.45) is 5.92 Å². The summed E-state index contributed by atoms with van der Waals surface area (Å²) in [5, 5.41) is 0. The standard InChI is InChI=1S/C17H28O3/c18-16(7-6-15-5-1-4-11-19-15)14-8-12-20-17(13-14)9-2-3-10-17/h14-15H,1-13H2. The Balaban J connectivity index is 1.46. The number of Topliss-reactive ketones (excluding diaryl/α,β-unsaturated/α-hetero) is 1. The molecule has 2 saturated heterocycles. The minimum Gasteiger partial charge on any atom is -0.378 e. The van der Waals surface area contributed by atoms with Crippen LogP contribution in [0, 0.1) is 5.92 Å². The molecule has 1 aliphatic carbocycles. The van der Waals surface area contributed by atoms with Crippen molar-refractivity contribution in [2.75, 3.05) is 13.2 Å². The van der Waals surface area contributed by atoms with Crippen LogP contribution >= 0.6 is 0 Å². The quantitative estimate of drug-likeness (QED) is 0.788. The van der Waals surface area contributed by atoms with Gasteiger partial charge in [-0.25, -0.2) is 0 Å². The Kier molecular flexibility index (Phi) is 4.77. The molecule has 2 heterocycles. The smallest absolute Gasteiger partial charge is 0.136 e. The van der Waals surface area contributed by atoms with Crippen LogP contribution in [0.2, 0.25) is 0 Å². The summed E-state index contributed by atoms with van der Waals surface area (Å²) in [5.41, 5.74) is 0.0694. The molecule has 2 atom stereocenters. The second-order valence-electron chi connectivity index (χ2n) is 6.92. The number of rotatable bonds is 4. The predicted octanol–water partition coefficient (Wildman–Crippen LogP) is 3.64. The van der Waals surface area contributed by atoms with Gasteiger partial charge in [-0.05, 0) is 51.4 Å². The van der Waals surface area contributed by atoms with Gasteiger partial charge in [-0.2, -0.15) is 0 Å². The number of carbonyl (C=O) groups is 1. The van der Waals surface area contributed by atoms with E-state index in [2.05, 4.69) is 0 Å². The first-order chi connectivity index (χ1) is 9.77. The predicted molar refractivity (Wildman–Crippen MR) is 77.7 cm³/mol. The van der Waals surface area contributed by atoms with Crippen LogP contribution in [0.25, 0.3) is 0 Å². The van der Waals surface area contributed by atoms with Crippen LogP contribution in [0.15, 0.2) is 0 Å². The number of ketones is 1. The molecule has 1 saturated carbocycles. The second-order valence-corrected chi connectivity index (χ2v) is 6.92. The van der Waals surface area contributed by atoms with E-state index >= 15 is 0 Å². The molecule has 0 aromatic carbocycles. The Morgan fingerprint density at radius 1 is 1.05 bits per heavy atom. The monoisotopic (exact) mass is 280 g/mol. The third-order valence-corrected chi connectivity index (χ3v) is 5.45. The van der Waals surface area contributed by atoms with Gasteiger partial charge >= 0.3 is 0 Å². The lowest BCUT2D eigenvalue weighted by molar-refractivity contribution is -0.137. The van der Waals surface area contributed by atoms with Crippen molar-refractivity contribution < 1.29 is 14.3 Å². The van der Waals surface area contributed by atoms with E-state index in [0.29, 0.717) is 18.3 Å². The molecule has 0 aromatic heterocycles. The first kappa shape index (κ1) is 14.5. The number of hydrogen-bond acceptors (Lipinski definition) is 3. The lowest BCUT2D eigenvalue weighted by atomic mass is 9.81. The van der Waals surface area contributed by atoms with E-state index in [9.17, 15) is 4.79 Å². The summed E-state index contributed by atoms with van der Waals surface area (Å²) in [6.45, 7) is 1.68. The molecular weight excluding hydrogens is 252 g/mol. The summed E-state index contributed by atoms with van der Waals surface area (Å²) in [6, 6.07) is 0. The highest BCUT2D eigenvalue weighted by molar-refractivity contribution is 5.81. The van der Waals surface area contributed by atoms with Crippen molar-refractivity contribution in [1.82, 2.24) is 0 Å². The normalized spacial score (nSPS) is 33.4. The molecule has 20 heavy (non-hydrogen) atoms. The van der Waals surface area contributed by atoms with Gasteiger partial charge in [-0.3, -0.25) is 4.79 Å². The zero-order chi connectivity index (χ0) is 13.8. The molecule has 0 N–H and O–H groups in total. The molecule has 0 aromatic rings. The van der Waals surface area contributed by atoms with Crippen LogP contribution in [-0.2, 0) is 14.3 Å². The number of ether oxygens (including phenoxy) is 2. The summed E-state index contributed by atoms with van der Waals surface area (Å²) in [5.74, 6) is 0.721. The van der Waals surface area contributed by atoms with Gasteiger partial charge < -0.3 is 9.47 Å². The minimum absolute atomic E-state index is 0.0694. The highest BCUT2D eigenvalue weighted by atomic mass is 16.5. The van der Waals surface area contributed by atoms with Crippen LogP contribution < -0.4 is 0 Å². The highest BCUT2D eigenvalue weighted by Crippen LogP contribution is 2.42. The SMILES string of the molecule is O=C(CCC1CCCCO1)C1CCOC2(CCCC2)C1. The maximum absolute atomic E-state index is 12.5. The molecule has 3 nitrogen and oxygen atoms in total. The van der Waals surface area contributed by atoms with Crippen molar-refractivity contribution in [3.63, 3.8) is 0 Å². The fraction of sp³-hybridized carbons (Fsp3) is 0.941. The van der Waals surface area contributed by atoms with Gasteiger partial charge in [0.25, 0.3) is 0 Å². The van der Waals surface area contributed by atoms with E-state index in [0.717, 1.165) is 38.9 Å². The highest BCUT2D eigenvalue weighted by Gasteiger charge is 2.41. The molecule has 2 aliphatic heterocycles. The van der Waals surface area contributed by atoms with Gasteiger partial charge in [0.05, 0.1) is 11.7 Å². The van der Waals surface area contributed by atoms with Gasteiger partial charge in [0.1, 0.15) is 5.78 Å². The molecule has 3 heteroatoms. The van der Waals surface area contributed by atoms with E-state index in [-0.39, 0.29) is 11.5 Å². The zero-order valence-electron chi connectivity index (χ0n) is 12.6. The summed E-state index contributed by atoms with van der Waals surface area (Å²) >= 11 is 0. The fourth-order valence-electron chi connectivity index (χ4n) is 4.21. The van der Waals surface area contributed by atoms with Crippen LogP contribution in [0.1, 0.15) is 70.6 Å². The minimum atomic E-state index is 0.0694. The van der Waals surface area contributed by atoms with Crippen LogP contribution in [0.3, 0.4) is 0 Å². The Labute approximate surface area is 122 Å². The van der Waals surface area contributed by atoms with Gasteiger partial charge in [0, 0.05) is 25.6 Å². The van der Waals surface area contributed by atoms with E-state index < -0.39 is 0 Å². The lowest BCUT2D eigenvalue weighted by Gasteiger charge is -2.37. The summed E-state index contributed by atoms with van der Waals surface area (Å²) in [7, 11) is 0. The second kappa shape index (κ2) is 6.57. The van der Waals surface area contributed by atoms with Crippen LogP contribution in [0.5, 0.6) is 0 Å². The molecule has 2 unspecified atom stereocenters. The van der Waals surface area contributed by atoms with Crippen molar-refractivity contribution in [3.8, 4) is 0 Å². The molecular formula is C17H28O3. The van der Waals surface area contributed by atoms with Crippen LogP contribution in [0.4, 0.5) is 0 Å². The molecule has 3 fully saturated rings. The van der Waals surface area contributed by atoms with Gasteiger partial charge in [-0.1, -0.05) is 12.8 Å². The van der Waals surface area contributed by atoms with Crippen molar-refractivity contribution in [2.45, 2.75) is 82.3 Å². The van der Waals surface area contributed by atoms with Gasteiger partial charge in [0.2, 0.25) is 0 Å². The van der Waals surface area contributed by atoms with E-state index in [1.165, 1.54) is 38.5 Å². The van der Waals surface area contributed by atoms with Gasteiger partial charge in [0.15, 0.2) is 0 Å². The van der Waals surface area contributed by atoms with Crippen LogP contribution in [-0.4, -0.2) is 30.7 Å². The summed E-state index contributed by atoms with van der Waals surface area (Å²) < 4.78 is 11.8. The number of carbonyl (C=O) groups excluding carboxylic acids is 1. The number of hydrogen-bond donors (Lipinski definition) is 0. The first-order valence-corrected chi connectivity index (χ1v) is 8.56. The molecule has 0 bridgehead atoms. The van der Waals surface area contributed by atoms with E-state index in [4.69, 9.17) is 9.47 Å². The first-order valence-electron chi connectivity index (χ1n) is 8.56. The Bertz CT molecular complexity index is 327. The largest absolute Gasteiger partial charge is 0.378 e. The maximum atomic E-state index is 12.5. The average molecular weight is 280 g/mol. The average Bonchev–Trinajstić information content (AvgIpc) is 2.93. The summed E-state index contributed by atoms with van der Waals surface area (Å²) in [4.78, 5) is 12.5. The van der Waals surface area contributed by atoms with Crippen molar-refractivity contribution >= 4 is 5.78 Å². The van der Waals surface area contributed by atoms with Gasteiger partial charge in [-0.15, -0.1) is 0 Å². The maximum Gasteiger partial charge on any atom is 0.136 e. The summed E-state index contributed by atoms with van der Waals surface area (Å²) in [6.07, 6.45) is 12.4. The van der Waals surface area contributed by atoms with Crippen molar-refractivity contribution in [1.29, 1.82) is 0 Å². The Morgan fingerprint density at radius 2 is 1.90 bits per heavy atom. The molecule has 3 aliphatic rings. The lowest BCUT2D eigenvalue weighted by Crippen LogP contribution is -2.40. The van der Waals surface area contributed by atoms with Crippen molar-refractivity contribution in [3.05, 3.63) is 0 Å². The topological polar surface area (TPSA) is 35.5 Å². The fourth-order valence-corrected chi connectivity index (χ4v) is 4.21. The molecule has 0 radical (unpaired) electrons. The third kappa shape index (κ3) is 3.43. The molecule has 114 valence electrons.